The van der Waals surface area contributed by atoms with E-state index in [9.17, 15) is 4.79 Å². The summed E-state index contributed by atoms with van der Waals surface area (Å²) >= 11 is 0. The van der Waals surface area contributed by atoms with Gasteiger partial charge < -0.3 is 9.47 Å². The Balaban J connectivity index is 2.09. The van der Waals surface area contributed by atoms with E-state index < -0.39 is 0 Å². The van der Waals surface area contributed by atoms with Crippen LogP contribution in [0.5, 0.6) is 11.5 Å². The first kappa shape index (κ1) is 14.8. The van der Waals surface area contributed by atoms with Crippen molar-refractivity contribution in [3.05, 3.63) is 60.3 Å². The highest BCUT2D eigenvalue weighted by Crippen LogP contribution is 2.33. The zero-order chi connectivity index (χ0) is 16.2. The summed E-state index contributed by atoms with van der Waals surface area (Å²) < 4.78 is 12.2. The van der Waals surface area contributed by atoms with E-state index in [-0.39, 0.29) is 0 Å². The zero-order valence-corrected chi connectivity index (χ0v) is 12.9. The number of carbonyl (C=O) groups excluding carboxylic acids is 1. The molecule has 0 aliphatic heterocycles. The molecule has 0 bridgehead atoms. The van der Waals surface area contributed by atoms with Crippen molar-refractivity contribution in [3.63, 3.8) is 0 Å². The molecule has 0 fully saturated rings. The Kier molecular flexibility index (Phi) is 4.10. The van der Waals surface area contributed by atoms with Gasteiger partial charge in [0, 0.05) is 11.8 Å². The molecule has 5 nitrogen and oxygen atoms in total. The third-order valence-corrected chi connectivity index (χ3v) is 3.55. The summed E-state index contributed by atoms with van der Waals surface area (Å²) in [7, 11) is 3.16. The van der Waals surface area contributed by atoms with Gasteiger partial charge in [-0.05, 0) is 30.3 Å². The van der Waals surface area contributed by atoms with E-state index in [1.54, 1.807) is 31.2 Å². The Hall–Kier alpha value is -3.08. The lowest BCUT2D eigenvalue weighted by Crippen LogP contribution is -1.95. The molecule has 1 aromatic heterocycles. The Morgan fingerprint density at radius 3 is 2.39 bits per heavy atom. The summed E-state index contributed by atoms with van der Waals surface area (Å²) in [6.45, 7) is 0. The van der Waals surface area contributed by atoms with Crippen molar-refractivity contribution in [1.29, 1.82) is 0 Å². The molecule has 0 aliphatic rings. The van der Waals surface area contributed by atoms with Crippen molar-refractivity contribution in [2.45, 2.75) is 0 Å². The number of methoxy groups -OCH3 is 2. The highest BCUT2D eigenvalue weighted by molar-refractivity contribution is 5.86. The predicted molar refractivity (Wildman–Crippen MR) is 87.5 cm³/mol. The van der Waals surface area contributed by atoms with Crippen molar-refractivity contribution in [1.82, 2.24) is 9.78 Å². The molecule has 3 aromatic rings. The van der Waals surface area contributed by atoms with E-state index in [4.69, 9.17) is 9.47 Å². The van der Waals surface area contributed by atoms with Crippen LogP contribution < -0.4 is 9.47 Å². The fourth-order valence-electron chi connectivity index (χ4n) is 2.39. The van der Waals surface area contributed by atoms with Crippen LogP contribution in [0.4, 0.5) is 0 Å². The summed E-state index contributed by atoms with van der Waals surface area (Å²) in [6, 6.07) is 15.1. The third-order valence-electron chi connectivity index (χ3n) is 3.55. The normalized spacial score (nSPS) is 10.3. The minimum atomic E-state index is 0.515. The Labute approximate surface area is 134 Å². The molecule has 116 valence electrons. The van der Waals surface area contributed by atoms with Gasteiger partial charge in [-0.3, -0.25) is 4.79 Å². The van der Waals surface area contributed by atoms with Crippen molar-refractivity contribution in [3.8, 4) is 28.4 Å². The second-order valence-electron chi connectivity index (χ2n) is 4.90. The molecule has 0 spiro atoms. The molecule has 0 saturated heterocycles. The zero-order valence-electron chi connectivity index (χ0n) is 12.9. The van der Waals surface area contributed by atoms with Crippen LogP contribution in [0.2, 0.25) is 0 Å². The number of rotatable bonds is 5. The maximum Gasteiger partial charge on any atom is 0.161 e. The van der Waals surface area contributed by atoms with Gasteiger partial charge in [0.2, 0.25) is 0 Å². The molecular weight excluding hydrogens is 292 g/mol. The number of aldehydes is 1. The summed E-state index contributed by atoms with van der Waals surface area (Å²) in [5.41, 5.74) is 2.80. The SMILES string of the molecule is COc1ccc(-c2nn(-c3ccccc3)cc2C=O)cc1OC. The predicted octanol–water partition coefficient (Wildman–Crippen LogP) is 3.37. The smallest absolute Gasteiger partial charge is 0.161 e. The summed E-state index contributed by atoms with van der Waals surface area (Å²) in [6.07, 6.45) is 2.52. The van der Waals surface area contributed by atoms with Crippen LogP contribution in [0.15, 0.2) is 54.7 Å². The van der Waals surface area contributed by atoms with Crippen LogP contribution >= 0.6 is 0 Å². The number of ether oxygens (including phenoxy) is 2. The van der Waals surface area contributed by atoms with Crippen LogP contribution in [0.3, 0.4) is 0 Å². The summed E-state index contributed by atoms with van der Waals surface area (Å²) in [5.74, 6) is 1.22. The monoisotopic (exact) mass is 308 g/mol. The highest BCUT2D eigenvalue weighted by atomic mass is 16.5. The fourth-order valence-corrected chi connectivity index (χ4v) is 2.39. The molecule has 5 heteroatoms. The van der Waals surface area contributed by atoms with E-state index in [0.717, 1.165) is 17.5 Å². The molecule has 1 heterocycles. The van der Waals surface area contributed by atoms with Crippen LogP contribution in [0.25, 0.3) is 16.9 Å². The molecule has 2 aromatic carbocycles. The second kappa shape index (κ2) is 6.36. The first-order chi connectivity index (χ1) is 11.3. The Bertz CT molecular complexity index is 826. The van der Waals surface area contributed by atoms with Crippen LogP contribution in [-0.4, -0.2) is 30.3 Å². The van der Waals surface area contributed by atoms with Gasteiger partial charge in [-0.25, -0.2) is 4.68 Å². The Morgan fingerprint density at radius 2 is 1.74 bits per heavy atom. The number of carbonyl (C=O) groups is 1. The number of nitrogens with zero attached hydrogens (tertiary/aromatic N) is 2. The summed E-state index contributed by atoms with van der Waals surface area (Å²) in [4.78, 5) is 11.4. The number of para-hydroxylation sites is 1. The van der Waals surface area contributed by atoms with Gasteiger partial charge in [-0.2, -0.15) is 5.10 Å². The molecule has 0 amide bonds. The fraction of sp³-hybridized carbons (Fsp3) is 0.111. The van der Waals surface area contributed by atoms with Crippen LogP contribution in [0.1, 0.15) is 10.4 Å². The lowest BCUT2D eigenvalue weighted by molar-refractivity contribution is 0.112. The van der Waals surface area contributed by atoms with Gasteiger partial charge in [0.05, 0.1) is 25.5 Å². The van der Waals surface area contributed by atoms with Gasteiger partial charge in [-0.15, -0.1) is 0 Å². The van der Waals surface area contributed by atoms with Crippen molar-refractivity contribution < 1.29 is 14.3 Å². The molecule has 0 aliphatic carbocycles. The second-order valence-corrected chi connectivity index (χ2v) is 4.90. The van der Waals surface area contributed by atoms with Gasteiger partial charge in [-0.1, -0.05) is 18.2 Å². The quantitative estimate of drug-likeness (QED) is 0.678. The first-order valence-electron chi connectivity index (χ1n) is 7.09. The van der Waals surface area contributed by atoms with Crippen molar-refractivity contribution >= 4 is 6.29 Å². The number of benzene rings is 2. The number of hydrogen-bond acceptors (Lipinski definition) is 4. The van der Waals surface area contributed by atoms with Crippen LogP contribution in [0, 0.1) is 0 Å². The molecular formula is C18H16N2O3. The lowest BCUT2D eigenvalue weighted by Gasteiger charge is -2.08. The minimum Gasteiger partial charge on any atom is -0.493 e. The molecule has 23 heavy (non-hydrogen) atoms. The third kappa shape index (κ3) is 2.81. The molecule has 3 rings (SSSR count). The molecule has 0 N–H and O–H groups in total. The lowest BCUT2D eigenvalue weighted by atomic mass is 10.1. The highest BCUT2D eigenvalue weighted by Gasteiger charge is 2.14. The van der Waals surface area contributed by atoms with E-state index in [0.29, 0.717) is 22.8 Å². The van der Waals surface area contributed by atoms with Gasteiger partial charge >= 0.3 is 0 Å². The molecule has 0 unspecified atom stereocenters. The van der Waals surface area contributed by atoms with Crippen molar-refractivity contribution in [2.24, 2.45) is 0 Å². The maximum absolute atomic E-state index is 11.4. The molecule has 0 radical (unpaired) electrons. The topological polar surface area (TPSA) is 53.4 Å². The van der Waals surface area contributed by atoms with E-state index >= 15 is 0 Å². The largest absolute Gasteiger partial charge is 0.493 e. The minimum absolute atomic E-state index is 0.515. The molecule has 0 atom stereocenters. The van der Waals surface area contributed by atoms with E-state index in [2.05, 4.69) is 5.10 Å². The van der Waals surface area contributed by atoms with E-state index in [1.807, 2.05) is 42.5 Å². The number of hydrogen-bond donors (Lipinski definition) is 0. The summed E-state index contributed by atoms with van der Waals surface area (Å²) in [5, 5.41) is 4.54. The van der Waals surface area contributed by atoms with E-state index in [1.165, 1.54) is 0 Å². The van der Waals surface area contributed by atoms with Gasteiger partial charge in [0.25, 0.3) is 0 Å². The Morgan fingerprint density at radius 1 is 1.00 bits per heavy atom. The average molecular weight is 308 g/mol. The first-order valence-corrected chi connectivity index (χ1v) is 7.09. The van der Waals surface area contributed by atoms with Gasteiger partial charge in [0.1, 0.15) is 5.69 Å². The standard InChI is InChI=1S/C18H16N2O3/c1-22-16-9-8-13(10-17(16)23-2)18-14(12-21)11-20(19-18)15-6-4-3-5-7-15/h3-12H,1-2H3. The van der Waals surface area contributed by atoms with Crippen molar-refractivity contribution in [2.75, 3.05) is 14.2 Å². The average Bonchev–Trinajstić information content (AvgIpc) is 3.06. The van der Waals surface area contributed by atoms with Gasteiger partial charge in [0.15, 0.2) is 17.8 Å². The van der Waals surface area contributed by atoms with Crippen LogP contribution in [-0.2, 0) is 0 Å². The maximum atomic E-state index is 11.4. The number of aromatic nitrogens is 2. The molecule has 0 saturated carbocycles.